The number of ether oxygens (including phenoxy) is 2. The lowest BCUT2D eigenvalue weighted by Crippen LogP contribution is -2.34. The lowest BCUT2D eigenvalue weighted by Gasteiger charge is -2.25. The summed E-state index contributed by atoms with van der Waals surface area (Å²) in [5, 5.41) is 6.22. The summed E-state index contributed by atoms with van der Waals surface area (Å²) in [5.74, 6) is 0. The van der Waals surface area contributed by atoms with Gasteiger partial charge in [-0.2, -0.15) is 0 Å². The smallest absolute Gasteiger partial charge is 0.412 e. The van der Waals surface area contributed by atoms with E-state index in [1.807, 2.05) is 39.8 Å². The molecule has 21 heavy (non-hydrogen) atoms. The molecule has 0 aromatic heterocycles. The Morgan fingerprint density at radius 3 is 2.81 bits per heavy atom. The molecule has 5 nitrogen and oxygen atoms in total. The van der Waals surface area contributed by atoms with Crippen molar-refractivity contribution in [1.29, 1.82) is 0 Å². The molecule has 5 heteroatoms. The second kappa shape index (κ2) is 6.45. The molecule has 2 rings (SSSR count). The first-order valence-corrected chi connectivity index (χ1v) is 7.27. The number of nitrogens with one attached hydrogen (secondary N) is 2. The van der Waals surface area contributed by atoms with E-state index in [0.29, 0.717) is 6.61 Å². The molecule has 1 amide bonds. The topological polar surface area (TPSA) is 59.6 Å². The fourth-order valence-electron chi connectivity index (χ4n) is 2.18. The van der Waals surface area contributed by atoms with Crippen LogP contribution in [0.15, 0.2) is 18.2 Å². The maximum Gasteiger partial charge on any atom is 0.412 e. The summed E-state index contributed by atoms with van der Waals surface area (Å²) in [5.41, 5.74) is 2.37. The first-order chi connectivity index (χ1) is 9.85. The highest BCUT2D eigenvalue weighted by Gasteiger charge is 2.19. The van der Waals surface area contributed by atoms with Crippen LogP contribution >= 0.6 is 0 Å². The molecule has 1 heterocycles. The van der Waals surface area contributed by atoms with E-state index in [2.05, 4.69) is 16.7 Å². The minimum absolute atomic E-state index is 0.165. The lowest BCUT2D eigenvalue weighted by molar-refractivity contribution is 0.0636. The predicted octanol–water partition coefficient (Wildman–Crippen LogP) is 3.00. The van der Waals surface area contributed by atoms with Crippen LogP contribution in [0.3, 0.4) is 0 Å². The molecule has 0 radical (unpaired) electrons. The molecule has 0 spiro atoms. The Hall–Kier alpha value is -1.59. The Balaban J connectivity index is 2.10. The van der Waals surface area contributed by atoms with Crippen LogP contribution in [0, 0.1) is 6.92 Å². The number of anilines is 1. The molecule has 1 aromatic rings. The van der Waals surface area contributed by atoms with E-state index in [1.165, 1.54) is 0 Å². The van der Waals surface area contributed by atoms with Crippen LogP contribution in [0.1, 0.15) is 37.9 Å². The molecule has 1 unspecified atom stereocenters. The first kappa shape index (κ1) is 15.8. The average molecular weight is 292 g/mol. The van der Waals surface area contributed by atoms with Crippen molar-refractivity contribution >= 4 is 11.8 Å². The molecule has 1 aliphatic heterocycles. The Morgan fingerprint density at radius 1 is 1.43 bits per heavy atom. The highest BCUT2D eigenvalue weighted by molar-refractivity contribution is 5.86. The Morgan fingerprint density at radius 2 is 2.19 bits per heavy atom. The zero-order chi connectivity index (χ0) is 15.5. The van der Waals surface area contributed by atoms with Crippen LogP contribution in [-0.4, -0.2) is 31.5 Å². The molecular weight excluding hydrogens is 268 g/mol. The van der Waals surface area contributed by atoms with Gasteiger partial charge in [0.1, 0.15) is 5.60 Å². The van der Waals surface area contributed by atoms with E-state index in [1.54, 1.807) is 0 Å². The number of aryl methyl sites for hydroxylation is 1. The largest absolute Gasteiger partial charge is 0.444 e. The fourth-order valence-corrected chi connectivity index (χ4v) is 2.18. The minimum atomic E-state index is -0.506. The quantitative estimate of drug-likeness (QED) is 0.879. The highest BCUT2D eigenvalue weighted by atomic mass is 16.6. The van der Waals surface area contributed by atoms with Crippen molar-refractivity contribution in [3.05, 3.63) is 29.3 Å². The van der Waals surface area contributed by atoms with Gasteiger partial charge in [0.15, 0.2) is 0 Å². The van der Waals surface area contributed by atoms with Gasteiger partial charge >= 0.3 is 6.09 Å². The highest BCUT2D eigenvalue weighted by Crippen LogP contribution is 2.23. The van der Waals surface area contributed by atoms with Crippen LogP contribution in [0.25, 0.3) is 0 Å². The average Bonchev–Trinajstić information content (AvgIpc) is 2.40. The van der Waals surface area contributed by atoms with Crippen LogP contribution in [0.2, 0.25) is 0 Å². The van der Waals surface area contributed by atoms with Crippen molar-refractivity contribution in [3.8, 4) is 0 Å². The van der Waals surface area contributed by atoms with Gasteiger partial charge in [0, 0.05) is 12.2 Å². The van der Waals surface area contributed by atoms with E-state index in [0.717, 1.165) is 30.0 Å². The molecule has 0 saturated carbocycles. The predicted molar refractivity (Wildman–Crippen MR) is 82.6 cm³/mol. The zero-order valence-electron chi connectivity index (χ0n) is 13.2. The van der Waals surface area contributed by atoms with Gasteiger partial charge in [0.2, 0.25) is 0 Å². The number of amides is 1. The van der Waals surface area contributed by atoms with Crippen molar-refractivity contribution < 1.29 is 14.3 Å². The molecule has 1 saturated heterocycles. The third-order valence-electron chi connectivity index (χ3n) is 3.22. The molecule has 1 atom stereocenters. The van der Waals surface area contributed by atoms with Gasteiger partial charge in [0.05, 0.1) is 19.3 Å². The normalized spacial score (nSPS) is 19.1. The Labute approximate surface area is 126 Å². The lowest BCUT2D eigenvalue weighted by atomic mass is 10.0. The van der Waals surface area contributed by atoms with Crippen LogP contribution < -0.4 is 10.6 Å². The number of hydrogen-bond donors (Lipinski definition) is 2. The fraction of sp³-hybridized carbons (Fsp3) is 0.562. The van der Waals surface area contributed by atoms with Crippen LogP contribution in [0.4, 0.5) is 10.5 Å². The molecule has 1 aliphatic rings. The number of morpholine rings is 1. The van der Waals surface area contributed by atoms with Gasteiger partial charge in [-0.1, -0.05) is 12.1 Å². The van der Waals surface area contributed by atoms with Gasteiger partial charge < -0.3 is 14.8 Å². The third kappa shape index (κ3) is 4.72. The minimum Gasteiger partial charge on any atom is -0.444 e. The Bertz CT molecular complexity index is 503. The van der Waals surface area contributed by atoms with E-state index in [9.17, 15) is 4.79 Å². The summed E-state index contributed by atoms with van der Waals surface area (Å²) in [7, 11) is 0. The molecular formula is C16H24N2O3. The van der Waals surface area contributed by atoms with Crippen molar-refractivity contribution in [3.63, 3.8) is 0 Å². The second-order valence-electron chi connectivity index (χ2n) is 6.28. The molecule has 0 bridgehead atoms. The second-order valence-corrected chi connectivity index (χ2v) is 6.28. The maximum absolute atomic E-state index is 11.9. The molecule has 0 aliphatic carbocycles. The number of rotatable bonds is 2. The molecule has 1 aromatic carbocycles. The van der Waals surface area contributed by atoms with Crippen molar-refractivity contribution in [2.45, 2.75) is 39.3 Å². The van der Waals surface area contributed by atoms with Gasteiger partial charge in [-0.15, -0.1) is 0 Å². The van der Waals surface area contributed by atoms with Gasteiger partial charge in [-0.05, 0) is 44.9 Å². The van der Waals surface area contributed by atoms with Crippen LogP contribution in [0.5, 0.6) is 0 Å². The summed E-state index contributed by atoms with van der Waals surface area (Å²) < 4.78 is 10.8. The SMILES string of the molecule is Cc1ccc(C2COCCN2)cc1NC(=O)OC(C)(C)C. The van der Waals surface area contributed by atoms with E-state index in [4.69, 9.17) is 9.47 Å². The summed E-state index contributed by atoms with van der Waals surface area (Å²) in [6.07, 6.45) is -0.435. The summed E-state index contributed by atoms with van der Waals surface area (Å²) in [6, 6.07) is 6.20. The van der Waals surface area contributed by atoms with E-state index in [-0.39, 0.29) is 6.04 Å². The van der Waals surface area contributed by atoms with Crippen molar-refractivity contribution in [2.24, 2.45) is 0 Å². The number of hydrogen-bond acceptors (Lipinski definition) is 4. The number of carbonyl (C=O) groups is 1. The summed E-state index contributed by atoms with van der Waals surface area (Å²) in [6.45, 7) is 9.73. The number of benzene rings is 1. The zero-order valence-corrected chi connectivity index (χ0v) is 13.2. The third-order valence-corrected chi connectivity index (χ3v) is 3.22. The van der Waals surface area contributed by atoms with E-state index < -0.39 is 11.7 Å². The van der Waals surface area contributed by atoms with Crippen LogP contribution in [-0.2, 0) is 9.47 Å². The molecule has 116 valence electrons. The van der Waals surface area contributed by atoms with E-state index >= 15 is 0 Å². The standard InChI is InChI=1S/C16H24N2O3/c1-11-5-6-12(14-10-20-8-7-17-14)9-13(11)18-15(19)21-16(2,3)4/h5-6,9,14,17H,7-8,10H2,1-4H3,(H,18,19). The molecule has 1 fully saturated rings. The van der Waals surface area contributed by atoms with Gasteiger partial charge in [-0.25, -0.2) is 4.79 Å². The van der Waals surface area contributed by atoms with Crippen molar-refractivity contribution in [2.75, 3.05) is 25.1 Å². The van der Waals surface area contributed by atoms with Gasteiger partial charge in [0.25, 0.3) is 0 Å². The van der Waals surface area contributed by atoms with Gasteiger partial charge in [-0.3, -0.25) is 5.32 Å². The molecule has 2 N–H and O–H groups in total. The maximum atomic E-state index is 11.9. The Kier molecular flexibility index (Phi) is 4.85. The monoisotopic (exact) mass is 292 g/mol. The van der Waals surface area contributed by atoms with Crippen molar-refractivity contribution in [1.82, 2.24) is 5.32 Å². The first-order valence-electron chi connectivity index (χ1n) is 7.27. The summed E-state index contributed by atoms with van der Waals surface area (Å²) in [4.78, 5) is 11.9. The number of carbonyl (C=O) groups excluding carboxylic acids is 1. The summed E-state index contributed by atoms with van der Waals surface area (Å²) >= 11 is 0.